The van der Waals surface area contributed by atoms with E-state index in [4.69, 9.17) is 5.73 Å². The van der Waals surface area contributed by atoms with E-state index >= 15 is 0 Å². The number of pyridine rings is 1. The number of hydrogen-bond donors (Lipinski definition) is 1. The molecule has 114 valence electrons. The van der Waals surface area contributed by atoms with Gasteiger partial charge in [-0.2, -0.15) is 0 Å². The van der Waals surface area contributed by atoms with Gasteiger partial charge in [0, 0.05) is 31.9 Å². The molecule has 0 spiro atoms. The summed E-state index contributed by atoms with van der Waals surface area (Å²) in [5.74, 6) is 0.0538. The van der Waals surface area contributed by atoms with Gasteiger partial charge in [-0.1, -0.05) is 12.5 Å². The van der Waals surface area contributed by atoms with Crippen LogP contribution in [-0.2, 0) is 6.54 Å². The van der Waals surface area contributed by atoms with E-state index in [1.807, 2.05) is 11.0 Å². The average molecular weight is 288 g/mol. The smallest absolute Gasteiger partial charge is 0.272 e. The van der Waals surface area contributed by atoms with Crippen LogP contribution in [-0.4, -0.2) is 52.9 Å². The Hall–Kier alpha value is -1.46. The number of amides is 1. The second kappa shape index (κ2) is 6.54. The Kier molecular flexibility index (Phi) is 4.51. The molecule has 0 radical (unpaired) electrons. The van der Waals surface area contributed by atoms with Gasteiger partial charge < -0.3 is 10.6 Å². The average Bonchev–Trinajstić information content (AvgIpc) is 3.05. The summed E-state index contributed by atoms with van der Waals surface area (Å²) < 4.78 is 0. The summed E-state index contributed by atoms with van der Waals surface area (Å²) in [6.07, 6.45) is 6.74. The molecule has 1 unspecified atom stereocenters. The predicted molar refractivity (Wildman–Crippen MR) is 81.9 cm³/mol. The number of carbonyl (C=O) groups is 1. The zero-order chi connectivity index (χ0) is 14.7. The Morgan fingerprint density at radius 2 is 2.05 bits per heavy atom. The van der Waals surface area contributed by atoms with Crippen LogP contribution < -0.4 is 5.73 Å². The van der Waals surface area contributed by atoms with Gasteiger partial charge in [0.25, 0.3) is 5.91 Å². The number of piperidine rings is 1. The molecular weight excluding hydrogens is 264 g/mol. The topological polar surface area (TPSA) is 62.5 Å². The summed E-state index contributed by atoms with van der Waals surface area (Å²) in [6.45, 7) is 4.54. The molecular formula is C16H24N4O. The van der Waals surface area contributed by atoms with E-state index in [0.29, 0.717) is 18.3 Å². The largest absolute Gasteiger partial charge is 0.336 e. The summed E-state index contributed by atoms with van der Waals surface area (Å²) in [5, 5.41) is 0. The first kappa shape index (κ1) is 14.5. The minimum absolute atomic E-state index is 0.0538. The first-order valence-corrected chi connectivity index (χ1v) is 7.96. The molecule has 1 amide bonds. The van der Waals surface area contributed by atoms with Gasteiger partial charge in [-0.15, -0.1) is 0 Å². The standard InChI is InChI=1S/C16H24N4O/c17-10-13-4-5-15(18-11-13)16(21)20-9-6-14(12-20)19-7-2-1-3-8-19/h4-5,11,14H,1-3,6-10,12,17H2. The molecule has 0 aliphatic carbocycles. The Bertz CT molecular complexity index is 482. The van der Waals surface area contributed by atoms with E-state index in [9.17, 15) is 4.79 Å². The van der Waals surface area contributed by atoms with Crippen LogP contribution in [0.3, 0.4) is 0 Å². The lowest BCUT2D eigenvalue weighted by atomic mass is 10.1. The highest BCUT2D eigenvalue weighted by Crippen LogP contribution is 2.21. The van der Waals surface area contributed by atoms with Crippen molar-refractivity contribution in [2.45, 2.75) is 38.3 Å². The summed E-state index contributed by atoms with van der Waals surface area (Å²) in [6, 6.07) is 4.22. The molecule has 2 saturated heterocycles. The van der Waals surface area contributed by atoms with Crippen LogP contribution in [0.25, 0.3) is 0 Å². The minimum atomic E-state index is 0.0538. The van der Waals surface area contributed by atoms with Crippen molar-refractivity contribution in [2.75, 3.05) is 26.2 Å². The van der Waals surface area contributed by atoms with Gasteiger partial charge in [-0.25, -0.2) is 0 Å². The fraction of sp³-hybridized carbons (Fsp3) is 0.625. The molecule has 5 nitrogen and oxygen atoms in total. The summed E-state index contributed by atoms with van der Waals surface area (Å²) in [7, 11) is 0. The predicted octanol–water partition coefficient (Wildman–Crippen LogP) is 1.24. The summed E-state index contributed by atoms with van der Waals surface area (Å²) >= 11 is 0. The van der Waals surface area contributed by atoms with Crippen molar-refractivity contribution >= 4 is 5.91 Å². The van der Waals surface area contributed by atoms with Crippen LogP contribution in [0.5, 0.6) is 0 Å². The van der Waals surface area contributed by atoms with Crippen LogP contribution in [0.2, 0.25) is 0 Å². The highest BCUT2D eigenvalue weighted by atomic mass is 16.2. The second-order valence-corrected chi connectivity index (χ2v) is 6.05. The monoisotopic (exact) mass is 288 g/mol. The van der Waals surface area contributed by atoms with Crippen LogP contribution in [0.15, 0.2) is 18.3 Å². The molecule has 5 heteroatoms. The number of nitrogens with two attached hydrogens (primary N) is 1. The highest BCUT2D eigenvalue weighted by molar-refractivity contribution is 5.92. The summed E-state index contributed by atoms with van der Waals surface area (Å²) in [4.78, 5) is 21.2. The lowest BCUT2D eigenvalue weighted by molar-refractivity contribution is 0.0766. The van der Waals surface area contributed by atoms with Crippen LogP contribution in [0.1, 0.15) is 41.7 Å². The molecule has 3 rings (SSSR count). The maximum absolute atomic E-state index is 12.5. The Balaban J connectivity index is 1.60. The molecule has 0 aromatic carbocycles. The molecule has 2 aliphatic heterocycles. The molecule has 2 aliphatic rings. The van der Waals surface area contributed by atoms with E-state index in [0.717, 1.165) is 25.1 Å². The van der Waals surface area contributed by atoms with Crippen molar-refractivity contribution in [2.24, 2.45) is 5.73 Å². The maximum atomic E-state index is 12.5. The number of hydrogen-bond acceptors (Lipinski definition) is 4. The molecule has 1 aromatic heterocycles. The first-order valence-electron chi connectivity index (χ1n) is 7.96. The van der Waals surface area contributed by atoms with E-state index in [-0.39, 0.29) is 5.91 Å². The minimum Gasteiger partial charge on any atom is -0.336 e. The van der Waals surface area contributed by atoms with Gasteiger partial charge in [0.05, 0.1) is 0 Å². The van der Waals surface area contributed by atoms with Crippen LogP contribution >= 0.6 is 0 Å². The number of rotatable bonds is 3. The lowest BCUT2D eigenvalue weighted by Gasteiger charge is -2.32. The fourth-order valence-corrected chi connectivity index (χ4v) is 3.34. The molecule has 1 atom stereocenters. The quantitative estimate of drug-likeness (QED) is 0.909. The van der Waals surface area contributed by atoms with E-state index in [2.05, 4.69) is 9.88 Å². The zero-order valence-electron chi connectivity index (χ0n) is 12.5. The van der Waals surface area contributed by atoms with Gasteiger partial charge in [-0.3, -0.25) is 14.7 Å². The third-order valence-corrected chi connectivity index (χ3v) is 4.64. The summed E-state index contributed by atoms with van der Waals surface area (Å²) in [5.41, 5.74) is 7.05. The highest BCUT2D eigenvalue weighted by Gasteiger charge is 2.31. The van der Waals surface area contributed by atoms with Gasteiger partial charge >= 0.3 is 0 Å². The van der Waals surface area contributed by atoms with Crippen molar-refractivity contribution in [3.63, 3.8) is 0 Å². The van der Waals surface area contributed by atoms with Crippen molar-refractivity contribution in [1.29, 1.82) is 0 Å². The molecule has 0 saturated carbocycles. The Labute approximate surface area is 126 Å². The fourth-order valence-electron chi connectivity index (χ4n) is 3.34. The maximum Gasteiger partial charge on any atom is 0.272 e. The van der Waals surface area contributed by atoms with E-state index in [1.54, 1.807) is 12.3 Å². The number of aromatic nitrogens is 1. The zero-order valence-corrected chi connectivity index (χ0v) is 12.5. The van der Waals surface area contributed by atoms with Crippen LogP contribution in [0.4, 0.5) is 0 Å². The normalized spacial score (nSPS) is 23.5. The first-order chi connectivity index (χ1) is 10.3. The van der Waals surface area contributed by atoms with Crippen molar-refractivity contribution in [3.8, 4) is 0 Å². The van der Waals surface area contributed by atoms with Gasteiger partial charge in [0.1, 0.15) is 5.69 Å². The third-order valence-electron chi connectivity index (χ3n) is 4.64. The Morgan fingerprint density at radius 3 is 2.71 bits per heavy atom. The van der Waals surface area contributed by atoms with Crippen molar-refractivity contribution in [1.82, 2.24) is 14.8 Å². The Morgan fingerprint density at radius 1 is 1.24 bits per heavy atom. The lowest BCUT2D eigenvalue weighted by Crippen LogP contribution is -2.41. The molecule has 2 fully saturated rings. The number of likely N-dealkylation sites (tertiary alicyclic amines) is 2. The van der Waals surface area contributed by atoms with Gasteiger partial charge in [-0.05, 0) is 44.0 Å². The van der Waals surface area contributed by atoms with Gasteiger partial charge in [0.15, 0.2) is 0 Å². The van der Waals surface area contributed by atoms with E-state index in [1.165, 1.54) is 32.4 Å². The molecule has 3 heterocycles. The molecule has 0 bridgehead atoms. The third kappa shape index (κ3) is 3.24. The molecule has 21 heavy (non-hydrogen) atoms. The van der Waals surface area contributed by atoms with Crippen molar-refractivity contribution < 1.29 is 4.79 Å². The molecule has 2 N–H and O–H groups in total. The van der Waals surface area contributed by atoms with E-state index < -0.39 is 0 Å². The van der Waals surface area contributed by atoms with Crippen LogP contribution in [0, 0.1) is 0 Å². The molecule has 1 aromatic rings. The SMILES string of the molecule is NCc1ccc(C(=O)N2CCC(N3CCCCC3)C2)nc1. The van der Waals surface area contributed by atoms with Gasteiger partial charge in [0.2, 0.25) is 0 Å². The number of nitrogens with zero attached hydrogens (tertiary/aromatic N) is 3. The second-order valence-electron chi connectivity index (χ2n) is 6.05. The van der Waals surface area contributed by atoms with Crippen molar-refractivity contribution in [3.05, 3.63) is 29.6 Å². The number of carbonyl (C=O) groups excluding carboxylic acids is 1.